The van der Waals surface area contributed by atoms with Crippen molar-refractivity contribution >= 4 is 15.7 Å². The number of aliphatic hydroxyl groups is 1. The van der Waals surface area contributed by atoms with E-state index in [4.69, 9.17) is 0 Å². The minimum atomic E-state index is -3.54. The van der Waals surface area contributed by atoms with Gasteiger partial charge in [-0.1, -0.05) is 19.3 Å². The lowest BCUT2D eigenvalue weighted by Crippen LogP contribution is -2.61. The maximum atomic E-state index is 13.3. The van der Waals surface area contributed by atoms with Crippen LogP contribution in [0, 0.1) is 17.8 Å². The molecular formula is C22H31N3O4S. The third-order valence-electron chi connectivity index (χ3n) is 7.90. The summed E-state index contributed by atoms with van der Waals surface area (Å²) >= 11 is 0. The number of aromatic nitrogens is 2. The fraction of sp³-hybridized carbons (Fsp3) is 0.773. The van der Waals surface area contributed by atoms with Crippen LogP contribution in [0.25, 0.3) is 0 Å². The second-order valence-corrected chi connectivity index (χ2v) is 12.2. The number of carbonyl (C=O) groups excluding carboxylic acids is 1. The largest absolute Gasteiger partial charge is 0.390 e. The van der Waals surface area contributed by atoms with Gasteiger partial charge in [-0.15, -0.1) is 0 Å². The number of hydrogen-bond acceptors (Lipinski definition) is 6. The molecular weight excluding hydrogens is 402 g/mol. The Morgan fingerprint density at radius 2 is 1.80 bits per heavy atom. The molecule has 5 aliphatic rings. The number of rotatable bonds is 4. The van der Waals surface area contributed by atoms with Crippen LogP contribution in [-0.4, -0.2) is 47.3 Å². The highest BCUT2D eigenvalue weighted by Crippen LogP contribution is 2.55. The summed E-state index contributed by atoms with van der Waals surface area (Å²) in [5.74, 6) is 1.12. The number of carbonyl (C=O) groups is 1. The molecule has 1 aromatic heterocycles. The van der Waals surface area contributed by atoms with Crippen LogP contribution in [0.4, 0.5) is 0 Å². The van der Waals surface area contributed by atoms with Crippen LogP contribution in [0.1, 0.15) is 86.2 Å². The van der Waals surface area contributed by atoms with Crippen LogP contribution in [-0.2, 0) is 9.84 Å². The van der Waals surface area contributed by atoms with Gasteiger partial charge in [-0.2, -0.15) is 0 Å². The Labute approximate surface area is 178 Å². The quantitative estimate of drug-likeness (QED) is 0.707. The molecule has 5 fully saturated rings. The summed E-state index contributed by atoms with van der Waals surface area (Å²) < 4.78 is 24.0. The van der Waals surface area contributed by atoms with E-state index in [1.54, 1.807) is 0 Å². The molecule has 6 rings (SSSR count). The Kier molecular flexibility index (Phi) is 4.93. The van der Waals surface area contributed by atoms with Crippen LogP contribution in [0.5, 0.6) is 0 Å². The topological polar surface area (TPSA) is 109 Å². The zero-order chi connectivity index (χ0) is 21.1. The predicted octanol–water partition coefficient (Wildman–Crippen LogP) is 2.60. The van der Waals surface area contributed by atoms with E-state index in [0.29, 0.717) is 29.0 Å². The SMILES string of the molecule is CS(=O)(=O)c1ncc(C(=O)NC2C3CC4CC2CC(O)(C4)C3)c(C2CCCCC2)n1. The van der Waals surface area contributed by atoms with Crippen molar-refractivity contribution in [2.45, 2.75) is 86.9 Å². The number of nitrogens with zero attached hydrogens (tertiary/aromatic N) is 2. The molecule has 7 nitrogen and oxygen atoms in total. The molecule has 1 aromatic rings. The first-order valence-electron chi connectivity index (χ1n) is 11.3. The summed E-state index contributed by atoms with van der Waals surface area (Å²) in [7, 11) is -3.54. The van der Waals surface area contributed by atoms with Gasteiger partial charge >= 0.3 is 0 Å². The predicted molar refractivity (Wildman–Crippen MR) is 111 cm³/mol. The molecule has 0 aromatic carbocycles. The first kappa shape index (κ1) is 20.4. The highest BCUT2D eigenvalue weighted by atomic mass is 32.2. The lowest BCUT2D eigenvalue weighted by atomic mass is 9.52. The zero-order valence-electron chi connectivity index (χ0n) is 17.5. The van der Waals surface area contributed by atoms with Crippen molar-refractivity contribution in [3.05, 3.63) is 17.5 Å². The number of sulfone groups is 1. The average Bonchev–Trinajstić information content (AvgIpc) is 2.69. The van der Waals surface area contributed by atoms with Crippen molar-refractivity contribution in [2.75, 3.05) is 6.26 Å². The minimum absolute atomic E-state index is 0.0723. The lowest BCUT2D eigenvalue weighted by Gasteiger charge is -2.58. The van der Waals surface area contributed by atoms with E-state index in [1.165, 1.54) is 6.20 Å². The van der Waals surface area contributed by atoms with Gasteiger partial charge in [0.05, 0.1) is 16.9 Å². The van der Waals surface area contributed by atoms with Gasteiger partial charge in [0.2, 0.25) is 15.0 Å². The summed E-state index contributed by atoms with van der Waals surface area (Å²) in [6.07, 6.45) is 12.2. The van der Waals surface area contributed by atoms with Crippen molar-refractivity contribution in [3.63, 3.8) is 0 Å². The van der Waals surface area contributed by atoms with E-state index in [-0.39, 0.29) is 23.0 Å². The molecule has 30 heavy (non-hydrogen) atoms. The molecule has 0 saturated heterocycles. The molecule has 4 bridgehead atoms. The van der Waals surface area contributed by atoms with E-state index in [0.717, 1.165) is 70.5 Å². The maximum absolute atomic E-state index is 13.3. The summed E-state index contributed by atoms with van der Waals surface area (Å²) in [5, 5.41) is 13.9. The molecule has 0 aliphatic heterocycles. The van der Waals surface area contributed by atoms with E-state index in [2.05, 4.69) is 15.3 Å². The maximum Gasteiger partial charge on any atom is 0.254 e. The molecule has 1 heterocycles. The van der Waals surface area contributed by atoms with Gasteiger partial charge in [-0.25, -0.2) is 18.4 Å². The van der Waals surface area contributed by atoms with Crippen molar-refractivity contribution in [1.82, 2.24) is 15.3 Å². The first-order chi connectivity index (χ1) is 14.2. The fourth-order valence-corrected chi connectivity index (χ4v) is 7.37. The smallest absolute Gasteiger partial charge is 0.254 e. The monoisotopic (exact) mass is 433 g/mol. The third kappa shape index (κ3) is 3.66. The van der Waals surface area contributed by atoms with Crippen molar-refractivity contribution in [2.24, 2.45) is 17.8 Å². The summed E-state index contributed by atoms with van der Waals surface area (Å²) in [4.78, 5) is 21.7. The molecule has 164 valence electrons. The van der Waals surface area contributed by atoms with Crippen molar-refractivity contribution in [1.29, 1.82) is 0 Å². The number of hydrogen-bond donors (Lipinski definition) is 2. The number of nitrogens with one attached hydrogen (secondary N) is 1. The number of amides is 1. The Morgan fingerprint density at radius 1 is 1.13 bits per heavy atom. The van der Waals surface area contributed by atoms with Crippen LogP contribution >= 0.6 is 0 Å². The lowest BCUT2D eigenvalue weighted by molar-refractivity contribution is -0.136. The zero-order valence-corrected chi connectivity index (χ0v) is 18.3. The van der Waals surface area contributed by atoms with Gasteiger partial charge in [0.1, 0.15) is 0 Å². The van der Waals surface area contributed by atoms with E-state index in [9.17, 15) is 18.3 Å². The molecule has 2 N–H and O–H groups in total. The van der Waals surface area contributed by atoms with E-state index < -0.39 is 15.4 Å². The van der Waals surface area contributed by atoms with Gasteiger partial charge < -0.3 is 10.4 Å². The first-order valence-corrected chi connectivity index (χ1v) is 13.2. The molecule has 2 atom stereocenters. The second-order valence-electron chi connectivity index (χ2n) is 10.3. The van der Waals surface area contributed by atoms with Crippen LogP contribution in [0.15, 0.2) is 11.4 Å². The minimum Gasteiger partial charge on any atom is -0.390 e. The molecule has 8 heteroatoms. The fourth-order valence-electron chi connectivity index (χ4n) is 6.87. The van der Waals surface area contributed by atoms with Crippen molar-refractivity contribution < 1.29 is 18.3 Å². The van der Waals surface area contributed by atoms with Crippen LogP contribution < -0.4 is 5.32 Å². The molecule has 5 saturated carbocycles. The average molecular weight is 434 g/mol. The Hall–Kier alpha value is -1.54. The van der Waals surface area contributed by atoms with E-state index >= 15 is 0 Å². The highest BCUT2D eigenvalue weighted by molar-refractivity contribution is 7.90. The Morgan fingerprint density at radius 3 is 2.40 bits per heavy atom. The van der Waals surface area contributed by atoms with Gasteiger partial charge in [0, 0.05) is 24.4 Å². The molecule has 5 aliphatic carbocycles. The Bertz CT molecular complexity index is 941. The van der Waals surface area contributed by atoms with Gasteiger partial charge in [0.25, 0.3) is 5.91 Å². The molecule has 0 spiro atoms. The molecule has 0 radical (unpaired) electrons. The standard InChI is InChI=1S/C22H31N3O4S/c1-30(28,29)21-23-12-17(19(25-21)14-5-3-2-4-6-14)20(26)24-18-15-7-13-8-16(18)11-22(27,9-13)10-15/h12-16,18,27H,2-11H2,1H3,(H,24,26). The summed E-state index contributed by atoms with van der Waals surface area (Å²) in [6, 6.07) is 0.0723. The highest BCUT2D eigenvalue weighted by Gasteiger charge is 2.55. The summed E-state index contributed by atoms with van der Waals surface area (Å²) in [5.41, 5.74) is 0.470. The normalized spacial score (nSPS) is 36.1. The Balaban J connectivity index is 1.42. The van der Waals surface area contributed by atoms with E-state index in [1.807, 2.05) is 0 Å². The third-order valence-corrected chi connectivity index (χ3v) is 8.76. The van der Waals surface area contributed by atoms with Gasteiger partial charge in [0.15, 0.2) is 0 Å². The molecule has 2 unspecified atom stereocenters. The van der Waals surface area contributed by atoms with Crippen molar-refractivity contribution in [3.8, 4) is 0 Å². The van der Waals surface area contributed by atoms with Crippen LogP contribution in [0.2, 0.25) is 0 Å². The summed E-state index contributed by atoms with van der Waals surface area (Å²) in [6.45, 7) is 0. The van der Waals surface area contributed by atoms with Crippen LogP contribution in [0.3, 0.4) is 0 Å². The second kappa shape index (κ2) is 7.26. The van der Waals surface area contributed by atoms with Gasteiger partial charge in [-0.3, -0.25) is 4.79 Å². The van der Waals surface area contributed by atoms with Gasteiger partial charge in [-0.05, 0) is 62.7 Å². The molecule has 1 amide bonds.